The summed E-state index contributed by atoms with van der Waals surface area (Å²) in [5, 5.41) is 11.9. The largest absolute Gasteiger partial charge is 0.348 e. The van der Waals surface area contributed by atoms with Crippen LogP contribution < -0.4 is 5.32 Å². The number of rotatable bonds is 5. The molecule has 0 aliphatic rings. The molecule has 0 aromatic carbocycles. The number of nitrogens with zero attached hydrogens (tertiary/aromatic N) is 1. The molecule has 2 aromatic heterocycles. The molecule has 18 heavy (non-hydrogen) atoms. The topological polar surface area (TPSA) is 57.8 Å². The van der Waals surface area contributed by atoms with Gasteiger partial charge in [0.2, 0.25) is 0 Å². The smallest absolute Gasteiger partial charge is 0.272 e. The molecule has 96 valence electrons. The Morgan fingerprint density at radius 3 is 2.89 bits per heavy atom. The third-order valence-corrected chi connectivity index (χ3v) is 3.82. The van der Waals surface area contributed by atoms with E-state index in [1.165, 1.54) is 0 Å². The molecule has 2 aromatic rings. The van der Waals surface area contributed by atoms with Crippen molar-refractivity contribution in [3.8, 4) is 10.6 Å². The molecule has 0 fully saturated rings. The lowest BCUT2D eigenvalue weighted by atomic mass is 10.1. The van der Waals surface area contributed by atoms with Crippen LogP contribution in [0.3, 0.4) is 0 Å². The van der Waals surface area contributed by atoms with Gasteiger partial charge in [0.1, 0.15) is 0 Å². The first-order valence-corrected chi connectivity index (χ1v) is 7.02. The summed E-state index contributed by atoms with van der Waals surface area (Å²) in [5.74, 6) is -0.109. The average Bonchev–Trinajstić information content (AvgIpc) is 3.04. The van der Waals surface area contributed by atoms with E-state index in [0.717, 1.165) is 23.4 Å². The molecule has 0 bridgehead atoms. The van der Waals surface area contributed by atoms with Crippen LogP contribution in [0.1, 0.15) is 37.2 Å². The van der Waals surface area contributed by atoms with Gasteiger partial charge in [-0.1, -0.05) is 19.9 Å². The highest BCUT2D eigenvalue weighted by molar-refractivity contribution is 7.13. The van der Waals surface area contributed by atoms with Crippen molar-refractivity contribution in [3.63, 3.8) is 0 Å². The Bertz CT molecular complexity index is 500. The number of nitrogens with one attached hydrogen (secondary N) is 2. The maximum absolute atomic E-state index is 12.0. The number of hydrogen-bond acceptors (Lipinski definition) is 3. The summed E-state index contributed by atoms with van der Waals surface area (Å²) in [4.78, 5) is 13.1. The molecule has 5 heteroatoms. The number of amides is 1. The fraction of sp³-hybridized carbons (Fsp3) is 0.385. The van der Waals surface area contributed by atoms with Crippen LogP contribution in [-0.4, -0.2) is 22.1 Å². The van der Waals surface area contributed by atoms with Crippen LogP contribution in [0.5, 0.6) is 0 Å². The number of carbonyl (C=O) groups is 1. The van der Waals surface area contributed by atoms with Crippen LogP contribution in [0.2, 0.25) is 0 Å². The number of aromatic amines is 1. The highest BCUT2D eigenvalue weighted by Gasteiger charge is 2.14. The van der Waals surface area contributed by atoms with Crippen molar-refractivity contribution >= 4 is 17.2 Å². The summed E-state index contributed by atoms with van der Waals surface area (Å²) in [7, 11) is 0. The van der Waals surface area contributed by atoms with Gasteiger partial charge in [-0.3, -0.25) is 9.89 Å². The third-order valence-electron chi connectivity index (χ3n) is 2.92. The summed E-state index contributed by atoms with van der Waals surface area (Å²) < 4.78 is 0. The molecule has 0 atom stereocenters. The van der Waals surface area contributed by atoms with E-state index in [-0.39, 0.29) is 11.9 Å². The Morgan fingerprint density at radius 2 is 2.28 bits per heavy atom. The zero-order valence-corrected chi connectivity index (χ0v) is 11.4. The minimum Gasteiger partial charge on any atom is -0.348 e. The molecule has 0 radical (unpaired) electrons. The van der Waals surface area contributed by atoms with Crippen molar-refractivity contribution in [2.75, 3.05) is 0 Å². The molecule has 0 aliphatic heterocycles. The van der Waals surface area contributed by atoms with Gasteiger partial charge in [-0.2, -0.15) is 5.10 Å². The second-order valence-corrected chi connectivity index (χ2v) is 5.08. The lowest BCUT2D eigenvalue weighted by molar-refractivity contribution is 0.0930. The van der Waals surface area contributed by atoms with Crippen LogP contribution in [0.25, 0.3) is 10.6 Å². The average molecular weight is 263 g/mol. The normalized spacial score (nSPS) is 10.8. The molecule has 2 rings (SSSR count). The van der Waals surface area contributed by atoms with E-state index in [1.54, 1.807) is 17.4 Å². The van der Waals surface area contributed by atoms with Crippen LogP contribution in [0.4, 0.5) is 0 Å². The lowest BCUT2D eigenvalue weighted by Crippen LogP contribution is -2.33. The Kier molecular flexibility index (Phi) is 4.15. The molecule has 0 saturated heterocycles. The molecule has 0 aliphatic carbocycles. The van der Waals surface area contributed by atoms with Crippen molar-refractivity contribution in [3.05, 3.63) is 29.3 Å². The third kappa shape index (κ3) is 2.79. The van der Waals surface area contributed by atoms with Gasteiger partial charge in [0, 0.05) is 6.04 Å². The molecule has 1 amide bonds. The molecule has 0 saturated carbocycles. The van der Waals surface area contributed by atoms with Gasteiger partial charge in [-0.05, 0) is 30.4 Å². The number of H-pyrrole nitrogens is 1. The van der Waals surface area contributed by atoms with E-state index in [2.05, 4.69) is 29.4 Å². The summed E-state index contributed by atoms with van der Waals surface area (Å²) >= 11 is 1.62. The van der Waals surface area contributed by atoms with E-state index in [1.807, 2.05) is 17.5 Å². The number of hydrogen-bond donors (Lipinski definition) is 2. The van der Waals surface area contributed by atoms with Crippen LogP contribution in [-0.2, 0) is 0 Å². The summed E-state index contributed by atoms with van der Waals surface area (Å²) in [5.41, 5.74) is 1.34. The number of carbonyl (C=O) groups excluding carboxylic acids is 1. The first-order chi connectivity index (χ1) is 8.74. The SMILES string of the molecule is CCC(CC)NC(=O)c1cc(-c2cccs2)[nH]n1. The first kappa shape index (κ1) is 12.8. The number of thiophene rings is 1. The van der Waals surface area contributed by atoms with Gasteiger partial charge in [0.25, 0.3) is 5.91 Å². The minimum atomic E-state index is -0.109. The fourth-order valence-electron chi connectivity index (χ4n) is 1.75. The summed E-state index contributed by atoms with van der Waals surface area (Å²) in [6.07, 6.45) is 1.87. The van der Waals surface area contributed by atoms with Gasteiger partial charge in [0.05, 0.1) is 10.6 Å². The molecule has 0 spiro atoms. The lowest BCUT2D eigenvalue weighted by Gasteiger charge is -2.13. The Hall–Kier alpha value is -1.62. The standard InChI is InChI=1S/C13H17N3OS/c1-3-9(4-2)14-13(17)11-8-10(15-16-11)12-6-5-7-18-12/h5-9H,3-4H2,1-2H3,(H,14,17)(H,15,16). The summed E-state index contributed by atoms with van der Waals surface area (Å²) in [6, 6.07) is 5.99. The van der Waals surface area contributed by atoms with E-state index >= 15 is 0 Å². The zero-order valence-electron chi connectivity index (χ0n) is 10.6. The molecular formula is C13H17N3OS. The van der Waals surface area contributed by atoms with Gasteiger partial charge >= 0.3 is 0 Å². The Labute approximate surface area is 110 Å². The number of aromatic nitrogens is 2. The van der Waals surface area contributed by atoms with Crippen molar-refractivity contribution in [2.45, 2.75) is 32.7 Å². The van der Waals surface area contributed by atoms with Gasteiger partial charge in [-0.25, -0.2) is 0 Å². The van der Waals surface area contributed by atoms with Gasteiger partial charge in [-0.15, -0.1) is 11.3 Å². The highest BCUT2D eigenvalue weighted by atomic mass is 32.1. The molecule has 2 heterocycles. The first-order valence-electron chi connectivity index (χ1n) is 6.14. The van der Waals surface area contributed by atoms with Crippen molar-refractivity contribution in [1.29, 1.82) is 0 Å². The van der Waals surface area contributed by atoms with Gasteiger partial charge < -0.3 is 5.32 Å². The van der Waals surface area contributed by atoms with E-state index < -0.39 is 0 Å². The fourth-order valence-corrected chi connectivity index (χ4v) is 2.44. The van der Waals surface area contributed by atoms with Crippen molar-refractivity contribution in [2.24, 2.45) is 0 Å². The van der Waals surface area contributed by atoms with Crippen LogP contribution >= 0.6 is 11.3 Å². The monoisotopic (exact) mass is 263 g/mol. The highest BCUT2D eigenvalue weighted by Crippen LogP contribution is 2.22. The molecular weight excluding hydrogens is 246 g/mol. The van der Waals surface area contributed by atoms with E-state index in [0.29, 0.717) is 5.69 Å². The zero-order chi connectivity index (χ0) is 13.0. The predicted molar refractivity (Wildman–Crippen MR) is 73.7 cm³/mol. The Morgan fingerprint density at radius 1 is 1.50 bits per heavy atom. The van der Waals surface area contributed by atoms with Crippen molar-refractivity contribution in [1.82, 2.24) is 15.5 Å². The maximum atomic E-state index is 12.0. The predicted octanol–water partition coefficient (Wildman–Crippen LogP) is 3.06. The second kappa shape index (κ2) is 5.82. The van der Waals surface area contributed by atoms with E-state index in [4.69, 9.17) is 0 Å². The summed E-state index contributed by atoms with van der Waals surface area (Å²) in [6.45, 7) is 4.13. The molecule has 0 unspecified atom stereocenters. The van der Waals surface area contributed by atoms with E-state index in [9.17, 15) is 4.79 Å². The molecule has 4 nitrogen and oxygen atoms in total. The maximum Gasteiger partial charge on any atom is 0.272 e. The van der Waals surface area contributed by atoms with Crippen LogP contribution in [0, 0.1) is 0 Å². The minimum absolute atomic E-state index is 0.109. The molecule has 2 N–H and O–H groups in total. The quantitative estimate of drug-likeness (QED) is 0.871. The van der Waals surface area contributed by atoms with Gasteiger partial charge in [0.15, 0.2) is 5.69 Å². The van der Waals surface area contributed by atoms with Crippen LogP contribution in [0.15, 0.2) is 23.6 Å². The second-order valence-electron chi connectivity index (χ2n) is 4.13. The van der Waals surface area contributed by atoms with Crippen molar-refractivity contribution < 1.29 is 4.79 Å². The Balaban J connectivity index is 2.08.